The van der Waals surface area contributed by atoms with Crippen molar-refractivity contribution in [3.05, 3.63) is 54.3 Å². The number of halogens is 3. The molecule has 8 heteroatoms. The van der Waals surface area contributed by atoms with Crippen LogP contribution in [0.1, 0.15) is 5.76 Å². The highest BCUT2D eigenvalue weighted by atomic mass is 127. The van der Waals surface area contributed by atoms with E-state index in [2.05, 4.69) is 43.5 Å². The molecule has 0 N–H and O–H groups in total. The van der Waals surface area contributed by atoms with Crippen molar-refractivity contribution in [3.63, 3.8) is 0 Å². The second kappa shape index (κ2) is 7.00. The third-order valence-corrected chi connectivity index (χ3v) is 5.87. The third-order valence-electron chi connectivity index (χ3n) is 3.00. The number of carbonyl (C=O) groups excluding carboxylic acids is 1. The highest BCUT2D eigenvalue weighted by Gasteiger charge is 2.30. The Bertz CT molecular complexity index is 850. The molecule has 2 heterocycles. The van der Waals surface area contributed by atoms with E-state index in [0.29, 0.717) is 26.5 Å². The van der Waals surface area contributed by atoms with Crippen LogP contribution in [0.2, 0.25) is 5.02 Å². The van der Waals surface area contributed by atoms with Crippen LogP contribution in [-0.2, 0) is 4.79 Å². The number of nitrogens with zero attached hydrogens (tertiary/aromatic N) is 2. The Labute approximate surface area is 164 Å². The molecule has 0 aliphatic carbocycles. The lowest BCUT2D eigenvalue weighted by atomic mass is 10.3. The van der Waals surface area contributed by atoms with Crippen LogP contribution in [0.5, 0.6) is 0 Å². The number of carbonyl (C=O) groups is 1. The number of thioether (sulfide) groups is 1. The Kier molecular flexibility index (Phi) is 5.19. The summed E-state index contributed by atoms with van der Waals surface area (Å²) in [7, 11) is 1.70. The minimum absolute atomic E-state index is 0.108. The average molecular weight is 524 g/mol. The minimum Gasteiger partial charge on any atom is -0.451 e. The van der Waals surface area contributed by atoms with Gasteiger partial charge in [0.05, 0.1) is 15.6 Å². The van der Waals surface area contributed by atoms with Gasteiger partial charge in [0, 0.05) is 17.6 Å². The summed E-state index contributed by atoms with van der Waals surface area (Å²) < 4.78 is 7.05. The molecule has 1 amide bonds. The number of aliphatic imine (C=N–C) groups is 1. The maximum atomic E-state index is 12.3. The topological polar surface area (TPSA) is 45.8 Å². The van der Waals surface area contributed by atoms with Gasteiger partial charge in [0.15, 0.2) is 8.93 Å². The molecule has 3 rings (SSSR count). The monoisotopic (exact) mass is 522 g/mol. The summed E-state index contributed by atoms with van der Waals surface area (Å²) in [5.74, 6) is 0.537. The molecule has 1 aromatic heterocycles. The van der Waals surface area contributed by atoms with Gasteiger partial charge in [0.1, 0.15) is 5.76 Å². The molecule has 0 bridgehead atoms. The second-order valence-corrected chi connectivity index (χ2v) is 7.94. The van der Waals surface area contributed by atoms with E-state index in [1.165, 1.54) is 16.7 Å². The number of benzene rings is 1. The van der Waals surface area contributed by atoms with Gasteiger partial charge in [-0.15, -0.1) is 0 Å². The Morgan fingerprint density at radius 2 is 2.17 bits per heavy atom. The first-order valence-electron chi connectivity index (χ1n) is 6.41. The van der Waals surface area contributed by atoms with Crippen molar-refractivity contribution in [1.82, 2.24) is 4.90 Å². The van der Waals surface area contributed by atoms with Gasteiger partial charge >= 0.3 is 0 Å². The summed E-state index contributed by atoms with van der Waals surface area (Å²) in [4.78, 5) is 18.9. The van der Waals surface area contributed by atoms with Gasteiger partial charge in [-0.1, -0.05) is 11.6 Å². The minimum atomic E-state index is -0.108. The summed E-state index contributed by atoms with van der Waals surface area (Å²) in [5.41, 5.74) is 0.689. The summed E-state index contributed by atoms with van der Waals surface area (Å²) in [6, 6.07) is 9.07. The lowest BCUT2D eigenvalue weighted by Gasteiger charge is -2.07. The Hall–Kier alpha value is -0.770. The Morgan fingerprint density at radius 3 is 2.83 bits per heavy atom. The van der Waals surface area contributed by atoms with Crippen LogP contribution in [0.25, 0.3) is 6.08 Å². The predicted molar refractivity (Wildman–Crippen MR) is 106 cm³/mol. The van der Waals surface area contributed by atoms with Crippen LogP contribution in [0.15, 0.2) is 49.1 Å². The van der Waals surface area contributed by atoms with Crippen molar-refractivity contribution in [1.29, 1.82) is 0 Å². The number of hydrogen-bond donors (Lipinski definition) is 0. The van der Waals surface area contributed by atoms with E-state index in [1.807, 2.05) is 24.3 Å². The van der Waals surface area contributed by atoms with E-state index in [-0.39, 0.29) is 5.91 Å². The first-order chi connectivity index (χ1) is 10.9. The number of amides is 1. The fourth-order valence-corrected chi connectivity index (χ4v) is 3.67. The second-order valence-electron chi connectivity index (χ2n) is 4.61. The molecule has 2 aromatic rings. The van der Waals surface area contributed by atoms with Crippen molar-refractivity contribution in [2.45, 2.75) is 0 Å². The Balaban J connectivity index is 1.90. The maximum absolute atomic E-state index is 12.3. The van der Waals surface area contributed by atoms with Gasteiger partial charge < -0.3 is 4.42 Å². The summed E-state index contributed by atoms with van der Waals surface area (Å²) in [6.07, 6.45) is 1.72. The number of hydrogen-bond acceptors (Lipinski definition) is 4. The van der Waals surface area contributed by atoms with Gasteiger partial charge in [0.2, 0.25) is 0 Å². The zero-order valence-corrected chi connectivity index (χ0v) is 17.0. The molecule has 1 aromatic carbocycles. The molecule has 0 spiro atoms. The molecule has 23 heavy (non-hydrogen) atoms. The highest BCUT2D eigenvalue weighted by Crippen LogP contribution is 2.34. The molecule has 1 aliphatic heterocycles. The van der Waals surface area contributed by atoms with Crippen molar-refractivity contribution in [2.24, 2.45) is 4.99 Å². The van der Waals surface area contributed by atoms with E-state index < -0.39 is 0 Å². The molecule has 1 saturated heterocycles. The maximum Gasteiger partial charge on any atom is 0.266 e. The van der Waals surface area contributed by atoms with Gasteiger partial charge in [-0.05, 0) is 80.6 Å². The van der Waals surface area contributed by atoms with E-state index >= 15 is 0 Å². The van der Waals surface area contributed by atoms with Gasteiger partial charge in [-0.2, -0.15) is 0 Å². The number of likely N-dealkylation sites (N-methyl/N-ethyl adjacent to an activating group) is 1. The molecule has 0 unspecified atom stereocenters. The number of furan rings is 1. The molecule has 0 radical (unpaired) electrons. The van der Waals surface area contributed by atoms with Crippen molar-refractivity contribution in [2.75, 3.05) is 7.05 Å². The van der Waals surface area contributed by atoms with Crippen LogP contribution in [0.4, 0.5) is 5.69 Å². The smallest absolute Gasteiger partial charge is 0.266 e. The van der Waals surface area contributed by atoms with E-state index in [1.54, 1.807) is 19.2 Å². The average Bonchev–Trinajstić information content (AvgIpc) is 3.03. The van der Waals surface area contributed by atoms with Crippen LogP contribution >= 0.6 is 61.9 Å². The summed E-state index contributed by atoms with van der Waals surface area (Å²) >= 11 is 12.8. The van der Waals surface area contributed by atoms with Crippen molar-refractivity contribution >= 4 is 84.7 Å². The Morgan fingerprint density at radius 1 is 1.39 bits per heavy atom. The summed E-state index contributed by atoms with van der Waals surface area (Å²) in [6.45, 7) is 0. The van der Waals surface area contributed by atoms with Crippen LogP contribution in [0.3, 0.4) is 0 Å². The van der Waals surface area contributed by atoms with Crippen LogP contribution < -0.4 is 0 Å². The SMILES string of the molecule is CN1C(=O)/C(=C/c2ccc(I)o2)SC1=Nc1ccc(Br)c(Cl)c1. The lowest BCUT2D eigenvalue weighted by molar-refractivity contribution is -0.121. The third kappa shape index (κ3) is 3.84. The van der Waals surface area contributed by atoms with Crippen LogP contribution in [-0.4, -0.2) is 23.0 Å². The fourth-order valence-electron chi connectivity index (χ4n) is 1.85. The molecule has 1 fully saturated rings. The van der Waals surface area contributed by atoms with Crippen LogP contribution in [0, 0.1) is 3.77 Å². The van der Waals surface area contributed by atoms with Crippen molar-refractivity contribution < 1.29 is 9.21 Å². The first-order valence-corrected chi connectivity index (χ1v) is 9.47. The molecule has 118 valence electrons. The quantitative estimate of drug-likeness (QED) is 0.384. The lowest BCUT2D eigenvalue weighted by Crippen LogP contribution is -2.23. The molecular weight excluding hydrogens is 515 g/mol. The normalized spacial score (nSPS) is 18.4. The first kappa shape index (κ1) is 17.1. The fraction of sp³-hybridized carbons (Fsp3) is 0.0667. The summed E-state index contributed by atoms with van der Waals surface area (Å²) in [5, 5.41) is 1.17. The highest BCUT2D eigenvalue weighted by molar-refractivity contribution is 14.1. The van der Waals surface area contributed by atoms with Crippen molar-refractivity contribution in [3.8, 4) is 0 Å². The molecular formula is C15H9BrClIN2O2S. The molecule has 0 atom stereocenters. The molecule has 1 aliphatic rings. The zero-order valence-electron chi connectivity index (χ0n) is 11.7. The largest absolute Gasteiger partial charge is 0.451 e. The van der Waals surface area contributed by atoms with E-state index in [0.717, 1.165) is 8.24 Å². The van der Waals surface area contributed by atoms with Gasteiger partial charge in [-0.3, -0.25) is 9.69 Å². The van der Waals surface area contributed by atoms with E-state index in [9.17, 15) is 4.79 Å². The van der Waals surface area contributed by atoms with E-state index in [4.69, 9.17) is 16.0 Å². The van der Waals surface area contributed by atoms with Gasteiger partial charge in [0.25, 0.3) is 5.91 Å². The standard InChI is InChI=1S/C15H9BrClIN2O2S/c1-20-14(21)12(7-9-3-5-13(18)22-9)23-15(20)19-8-2-4-10(16)11(17)6-8/h2-7H,1H3/b12-7-,19-15?. The molecule has 4 nitrogen and oxygen atoms in total. The zero-order chi connectivity index (χ0) is 16.6. The molecule has 0 saturated carbocycles. The number of rotatable bonds is 2. The predicted octanol–water partition coefficient (Wildman–Crippen LogP) is 5.53. The number of amidine groups is 1. The van der Waals surface area contributed by atoms with Gasteiger partial charge in [-0.25, -0.2) is 4.99 Å².